The first-order chi connectivity index (χ1) is 11.0. The van der Waals surface area contributed by atoms with Gasteiger partial charge in [0.2, 0.25) is 0 Å². The van der Waals surface area contributed by atoms with Gasteiger partial charge in [-0.2, -0.15) is 0 Å². The zero-order valence-corrected chi connectivity index (χ0v) is 14.3. The predicted molar refractivity (Wildman–Crippen MR) is 91.7 cm³/mol. The van der Waals surface area contributed by atoms with Crippen LogP contribution in [0.2, 0.25) is 0 Å². The molecule has 0 amide bonds. The van der Waals surface area contributed by atoms with Gasteiger partial charge in [-0.1, -0.05) is 0 Å². The summed E-state index contributed by atoms with van der Waals surface area (Å²) < 4.78 is 7.70. The maximum Gasteiger partial charge on any atom is 0.0959 e. The highest BCUT2D eigenvalue weighted by molar-refractivity contribution is 5.77. The monoisotopic (exact) mass is 317 g/mol. The number of aromatic nitrogens is 2. The van der Waals surface area contributed by atoms with Crippen molar-refractivity contribution >= 4 is 11.0 Å². The summed E-state index contributed by atoms with van der Waals surface area (Å²) in [6.45, 7) is 7.18. The molecule has 1 saturated heterocycles. The summed E-state index contributed by atoms with van der Waals surface area (Å²) in [5, 5.41) is 10.4. The molecule has 1 aromatic carbocycles. The zero-order chi connectivity index (χ0) is 16.4. The highest BCUT2D eigenvalue weighted by atomic mass is 16.5. The van der Waals surface area contributed by atoms with Gasteiger partial charge in [0, 0.05) is 19.7 Å². The Labute approximate surface area is 137 Å². The van der Waals surface area contributed by atoms with E-state index >= 15 is 0 Å². The topological polar surface area (TPSA) is 50.5 Å². The van der Waals surface area contributed by atoms with Crippen molar-refractivity contribution in [3.63, 3.8) is 0 Å². The minimum atomic E-state index is -0.416. The van der Waals surface area contributed by atoms with Gasteiger partial charge in [0.05, 0.1) is 36.1 Å². The highest BCUT2D eigenvalue weighted by Gasteiger charge is 2.19. The Bertz CT molecular complexity index is 662. The van der Waals surface area contributed by atoms with Crippen LogP contribution in [0.3, 0.4) is 0 Å². The van der Waals surface area contributed by atoms with Crippen molar-refractivity contribution in [2.45, 2.75) is 45.4 Å². The summed E-state index contributed by atoms with van der Waals surface area (Å²) >= 11 is 0. The van der Waals surface area contributed by atoms with E-state index in [9.17, 15) is 5.11 Å². The fourth-order valence-electron chi connectivity index (χ4n) is 3.31. The molecule has 0 saturated carbocycles. The molecule has 1 aliphatic rings. The highest BCUT2D eigenvalue weighted by Crippen LogP contribution is 2.19. The maximum absolute atomic E-state index is 10.4. The molecule has 0 radical (unpaired) electrons. The number of likely N-dealkylation sites (N-methyl/N-ethyl adjacent to an activating group) is 1. The minimum absolute atomic E-state index is 0.326. The molecule has 126 valence electrons. The third-order valence-electron chi connectivity index (χ3n) is 4.71. The maximum atomic E-state index is 10.4. The van der Waals surface area contributed by atoms with Crippen LogP contribution in [-0.4, -0.2) is 58.5 Å². The summed E-state index contributed by atoms with van der Waals surface area (Å²) in [5.74, 6) is 0. The van der Waals surface area contributed by atoms with E-state index in [4.69, 9.17) is 4.74 Å². The predicted octanol–water partition coefficient (Wildman–Crippen LogP) is 2.12. The molecule has 2 atom stereocenters. The number of benzene rings is 1. The average molecular weight is 317 g/mol. The molecular weight excluding hydrogens is 290 g/mol. The Balaban J connectivity index is 1.61. The second-order valence-corrected chi connectivity index (χ2v) is 6.83. The summed E-state index contributed by atoms with van der Waals surface area (Å²) in [4.78, 5) is 6.62. The molecule has 2 heterocycles. The number of rotatable bonds is 6. The summed E-state index contributed by atoms with van der Waals surface area (Å²) in [6, 6.07) is 4.26. The summed E-state index contributed by atoms with van der Waals surface area (Å²) in [5.41, 5.74) is 4.59. The van der Waals surface area contributed by atoms with Gasteiger partial charge in [-0.05, 0) is 57.0 Å². The van der Waals surface area contributed by atoms with Crippen LogP contribution in [-0.2, 0) is 11.3 Å². The number of imidazole rings is 1. The van der Waals surface area contributed by atoms with Crippen LogP contribution in [0.15, 0.2) is 18.5 Å². The molecule has 0 bridgehead atoms. The van der Waals surface area contributed by atoms with E-state index in [1.807, 2.05) is 17.9 Å². The van der Waals surface area contributed by atoms with E-state index in [0.29, 0.717) is 19.2 Å². The Kier molecular flexibility index (Phi) is 4.99. The van der Waals surface area contributed by atoms with Crippen molar-refractivity contribution in [1.29, 1.82) is 0 Å². The molecule has 1 N–H and O–H groups in total. The number of aliphatic hydroxyl groups excluding tert-OH is 1. The van der Waals surface area contributed by atoms with E-state index in [1.165, 1.54) is 11.1 Å². The second-order valence-electron chi connectivity index (χ2n) is 6.83. The Morgan fingerprint density at radius 3 is 2.91 bits per heavy atom. The molecule has 1 aliphatic heterocycles. The number of hydrogen-bond donors (Lipinski definition) is 1. The lowest BCUT2D eigenvalue weighted by molar-refractivity contribution is 0.0563. The van der Waals surface area contributed by atoms with E-state index in [-0.39, 0.29) is 0 Å². The molecule has 0 spiro atoms. The first kappa shape index (κ1) is 16.4. The first-order valence-corrected chi connectivity index (χ1v) is 8.43. The third-order valence-corrected chi connectivity index (χ3v) is 4.71. The van der Waals surface area contributed by atoms with Crippen molar-refractivity contribution in [1.82, 2.24) is 14.5 Å². The van der Waals surface area contributed by atoms with E-state index in [1.54, 1.807) is 0 Å². The first-order valence-electron chi connectivity index (χ1n) is 8.43. The fourth-order valence-corrected chi connectivity index (χ4v) is 3.31. The molecule has 2 aromatic rings. The van der Waals surface area contributed by atoms with Crippen molar-refractivity contribution in [3.05, 3.63) is 29.6 Å². The molecule has 1 aromatic heterocycles. The normalized spacial score (nSPS) is 19.8. The number of nitrogens with zero attached hydrogens (tertiary/aromatic N) is 3. The van der Waals surface area contributed by atoms with Crippen LogP contribution in [0.1, 0.15) is 24.0 Å². The van der Waals surface area contributed by atoms with E-state index in [0.717, 1.165) is 37.0 Å². The van der Waals surface area contributed by atoms with Gasteiger partial charge in [0.15, 0.2) is 0 Å². The fraction of sp³-hybridized carbons (Fsp3) is 0.611. The van der Waals surface area contributed by atoms with Crippen LogP contribution in [0.5, 0.6) is 0 Å². The molecule has 1 fully saturated rings. The number of ether oxygens (including phenoxy) is 1. The zero-order valence-electron chi connectivity index (χ0n) is 14.3. The lowest BCUT2D eigenvalue weighted by atomic mass is 10.1. The van der Waals surface area contributed by atoms with Gasteiger partial charge in [-0.15, -0.1) is 0 Å². The van der Waals surface area contributed by atoms with Crippen LogP contribution < -0.4 is 0 Å². The van der Waals surface area contributed by atoms with E-state index < -0.39 is 6.10 Å². The number of hydrogen-bond acceptors (Lipinski definition) is 4. The number of aliphatic hydroxyl groups is 1. The van der Waals surface area contributed by atoms with Crippen LogP contribution in [0, 0.1) is 13.8 Å². The summed E-state index contributed by atoms with van der Waals surface area (Å²) in [6.07, 6.45) is 4.02. The average Bonchev–Trinajstić information content (AvgIpc) is 3.11. The molecule has 0 aliphatic carbocycles. The van der Waals surface area contributed by atoms with Gasteiger partial charge in [0.25, 0.3) is 0 Å². The Morgan fingerprint density at radius 2 is 2.17 bits per heavy atom. The smallest absolute Gasteiger partial charge is 0.0959 e. The van der Waals surface area contributed by atoms with Crippen LogP contribution in [0.4, 0.5) is 0 Å². The molecule has 3 rings (SSSR count). The SMILES string of the molecule is Cc1cc2ncn(CC(O)CN(C)CC3CCCO3)c2cc1C. The minimum Gasteiger partial charge on any atom is -0.390 e. The molecule has 2 unspecified atom stereocenters. The molecule has 23 heavy (non-hydrogen) atoms. The molecular formula is C18H27N3O2. The van der Waals surface area contributed by atoms with Gasteiger partial charge in [-0.3, -0.25) is 0 Å². The van der Waals surface area contributed by atoms with Gasteiger partial charge < -0.3 is 19.3 Å². The second kappa shape index (κ2) is 6.99. The van der Waals surface area contributed by atoms with Crippen molar-refractivity contribution in [2.75, 3.05) is 26.7 Å². The molecule has 5 heteroatoms. The number of aryl methyl sites for hydroxylation is 2. The van der Waals surface area contributed by atoms with Gasteiger partial charge in [0.1, 0.15) is 0 Å². The van der Waals surface area contributed by atoms with Gasteiger partial charge >= 0.3 is 0 Å². The molecule has 5 nitrogen and oxygen atoms in total. The van der Waals surface area contributed by atoms with Crippen LogP contribution >= 0.6 is 0 Å². The standard InChI is InChI=1S/C18H27N3O2/c1-13-7-17-18(8-14(13)2)21(12-19-17)10-15(22)9-20(3)11-16-5-4-6-23-16/h7-8,12,15-16,22H,4-6,9-11H2,1-3H3. The third kappa shape index (κ3) is 3.91. The van der Waals surface area contributed by atoms with E-state index in [2.05, 4.69) is 35.9 Å². The van der Waals surface area contributed by atoms with Gasteiger partial charge in [-0.25, -0.2) is 4.98 Å². The lowest BCUT2D eigenvalue weighted by Gasteiger charge is -2.23. The summed E-state index contributed by atoms with van der Waals surface area (Å²) in [7, 11) is 2.05. The van der Waals surface area contributed by atoms with Crippen molar-refractivity contribution in [3.8, 4) is 0 Å². The van der Waals surface area contributed by atoms with Crippen molar-refractivity contribution in [2.24, 2.45) is 0 Å². The van der Waals surface area contributed by atoms with Crippen molar-refractivity contribution < 1.29 is 9.84 Å². The Hall–Kier alpha value is -1.43. The Morgan fingerprint density at radius 1 is 1.39 bits per heavy atom. The largest absolute Gasteiger partial charge is 0.390 e. The quantitative estimate of drug-likeness (QED) is 0.887. The number of fused-ring (bicyclic) bond motifs is 1. The van der Waals surface area contributed by atoms with Crippen LogP contribution in [0.25, 0.3) is 11.0 Å². The lowest BCUT2D eigenvalue weighted by Crippen LogP contribution is -2.36.